The van der Waals surface area contributed by atoms with Gasteiger partial charge in [0.25, 0.3) is 5.89 Å². The molecule has 0 aliphatic carbocycles. The van der Waals surface area contributed by atoms with Crippen LogP contribution in [0, 0.1) is 6.92 Å². The largest absolute Gasteiger partial charge is 0.368 e. The monoisotopic (exact) mass is 364 g/mol. The smallest absolute Gasteiger partial charge is 0.256 e. The zero-order chi connectivity index (χ0) is 18.2. The number of rotatable bonds is 3. The molecule has 0 saturated carbocycles. The Hall–Kier alpha value is -2.87. The second kappa shape index (κ2) is 6.70. The summed E-state index contributed by atoms with van der Waals surface area (Å²) in [7, 11) is 0. The van der Waals surface area contributed by atoms with Gasteiger partial charge in [-0.3, -0.25) is 4.98 Å². The lowest BCUT2D eigenvalue weighted by Gasteiger charge is -2.29. The summed E-state index contributed by atoms with van der Waals surface area (Å²) >= 11 is 0. The highest BCUT2D eigenvalue weighted by Crippen LogP contribution is 2.33. The van der Waals surface area contributed by atoms with Crippen LogP contribution in [-0.4, -0.2) is 38.2 Å². The second-order valence-corrected chi connectivity index (χ2v) is 6.90. The van der Waals surface area contributed by atoms with Gasteiger partial charge in [-0.2, -0.15) is 4.98 Å². The van der Waals surface area contributed by atoms with Gasteiger partial charge in [0, 0.05) is 49.5 Å². The van der Waals surface area contributed by atoms with Gasteiger partial charge < -0.3 is 14.2 Å². The van der Waals surface area contributed by atoms with Crippen molar-refractivity contribution in [2.75, 3.05) is 18.1 Å². The first-order valence-electron chi connectivity index (χ1n) is 9.24. The zero-order valence-corrected chi connectivity index (χ0v) is 15.1. The van der Waals surface area contributed by atoms with E-state index in [0.717, 1.165) is 61.7 Å². The van der Waals surface area contributed by atoms with E-state index in [2.05, 4.69) is 30.0 Å². The Bertz CT molecular complexity index is 952. The second-order valence-electron chi connectivity index (χ2n) is 6.90. The molecule has 0 aromatic carbocycles. The third-order valence-electron chi connectivity index (χ3n) is 5.16. The van der Waals surface area contributed by atoms with Crippen molar-refractivity contribution in [1.29, 1.82) is 0 Å². The van der Waals surface area contributed by atoms with Gasteiger partial charge in [-0.25, -0.2) is 9.97 Å². The van der Waals surface area contributed by atoms with Crippen molar-refractivity contribution in [3.63, 3.8) is 0 Å². The maximum absolute atomic E-state index is 5.66. The van der Waals surface area contributed by atoms with E-state index in [1.165, 1.54) is 5.56 Å². The lowest BCUT2D eigenvalue weighted by Crippen LogP contribution is -2.32. The standard InChI is InChI=1S/C19H20N6O2/c1-12-16(17-23-18(27-24-17)15-4-2-9-26-15)14-5-8-25(11-13(14)10-22-12)19-20-6-3-7-21-19/h3,6-7,10,15H,2,4-5,8-9,11H2,1H3/t15-/m0/s1. The van der Waals surface area contributed by atoms with Crippen LogP contribution in [0.5, 0.6) is 0 Å². The van der Waals surface area contributed by atoms with E-state index in [1.807, 2.05) is 19.2 Å². The Labute approximate surface area is 156 Å². The number of hydrogen-bond acceptors (Lipinski definition) is 8. The van der Waals surface area contributed by atoms with Crippen LogP contribution in [-0.2, 0) is 17.7 Å². The number of ether oxygens (including phenoxy) is 1. The third kappa shape index (κ3) is 2.95. The van der Waals surface area contributed by atoms with Gasteiger partial charge in [0.15, 0.2) is 0 Å². The molecule has 0 N–H and O–H groups in total. The molecule has 0 radical (unpaired) electrons. The molecule has 2 aliphatic rings. The minimum absolute atomic E-state index is 0.0789. The Balaban J connectivity index is 1.48. The molecule has 0 spiro atoms. The molecule has 3 aromatic heterocycles. The topological polar surface area (TPSA) is 90.1 Å². The number of hydrogen-bond donors (Lipinski definition) is 0. The first kappa shape index (κ1) is 16.3. The van der Waals surface area contributed by atoms with E-state index in [0.29, 0.717) is 11.7 Å². The Morgan fingerprint density at radius 3 is 2.89 bits per heavy atom. The van der Waals surface area contributed by atoms with Crippen LogP contribution in [0.1, 0.15) is 41.7 Å². The number of fused-ring (bicyclic) bond motifs is 1. The van der Waals surface area contributed by atoms with Crippen molar-refractivity contribution in [2.24, 2.45) is 0 Å². The van der Waals surface area contributed by atoms with Crippen LogP contribution in [0.15, 0.2) is 29.2 Å². The zero-order valence-electron chi connectivity index (χ0n) is 15.1. The van der Waals surface area contributed by atoms with Gasteiger partial charge in [0.1, 0.15) is 6.10 Å². The van der Waals surface area contributed by atoms with E-state index in [-0.39, 0.29) is 6.10 Å². The molecule has 1 saturated heterocycles. The molecule has 27 heavy (non-hydrogen) atoms. The first-order chi connectivity index (χ1) is 13.3. The SMILES string of the molecule is Cc1ncc2c(c1-c1noc([C@@H]3CCCO3)n1)CCN(c1ncccn1)C2. The average Bonchev–Trinajstić information content (AvgIpc) is 3.40. The maximum Gasteiger partial charge on any atom is 0.256 e. The molecule has 5 rings (SSSR count). The van der Waals surface area contributed by atoms with Gasteiger partial charge in [-0.1, -0.05) is 5.16 Å². The Morgan fingerprint density at radius 2 is 2.07 bits per heavy atom. The van der Waals surface area contributed by atoms with Crippen molar-refractivity contribution in [1.82, 2.24) is 25.1 Å². The molecular formula is C19H20N6O2. The molecule has 2 aliphatic heterocycles. The summed E-state index contributed by atoms with van der Waals surface area (Å²) in [6, 6.07) is 1.83. The van der Waals surface area contributed by atoms with Crippen LogP contribution in [0.4, 0.5) is 5.95 Å². The van der Waals surface area contributed by atoms with Gasteiger partial charge in [0.05, 0.1) is 0 Å². The van der Waals surface area contributed by atoms with Crippen LogP contribution in [0.25, 0.3) is 11.4 Å². The van der Waals surface area contributed by atoms with E-state index in [1.54, 1.807) is 12.4 Å². The van der Waals surface area contributed by atoms with Crippen molar-refractivity contribution in [2.45, 2.75) is 38.8 Å². The predicted octanol–water partition coefficient (Wildman–Crippen LogP) is 2.64. The fraction of sp³-hybridized carbons (Fsp3) is 0.421. The first-order valence-corrected chi connectivity index (χ1v) is 9.24. The molecule has 1 atom stereocenters. The minimum Gasteiger partial charge on any atom is -0.368 e. The van der Waals surface area contributed by atoms with Gasteiger partial charge in [-0.05, 0) is 43.4 Å². The van der Waals surface area contributed by atoms with Gasteiger partial charge in [-0.15, -0.1) is 0 Å². The van der Waals surface area contributed by atoms with Crippen molar-refractivity contribution in [3.8, 4) is 11.4 Å². The molecular weight excluding hydrogens is 344 g/mol. The quantitative estimate of drug-likeness (QED) is 0.701. The number of anilines is 1. The number of nitrogens with zero attached hydrogens (tertiary/aromatic N) is 6. The number of aromatic nitrogens is 5. The molecule has 1 fully saturated rings. The maximum atomic E-state index is 5.66. The summed E-state index contributed by atoms with van der Waals surface area (Å²) < 4.78 is 11.2. The third-order valence-corrected chi connectivity index (χ3v) is 5.16. The summed E-state index contributed by atoms with van der Waals surface area (Å²) in [6.45, 7) is 4.30. The fourth-order valence-corrected chi connectivity index (χ4v) is 3.81. The Morgan fingerprint density at radius 1 is 1.19 bits per heavy atom. The summed E-state index contributed by atoms with van der Waals surface area (Å²) in [4.78, 5) is 20.1. The highest BCUT2D eigenvalue weighted by Gasteiger charge is 2.28. The predicted molar refractivity (Wildman–Crippen MR) is 97.0 cm³/mol. The molecule has 8 nitrogen and oxygen atoms in total. The number of aryl methyl sites for hydroxylation is 1. The van der Waals surface area contributed by atoms with E-state index >= 15 is 0 Å². The molecule has 8 heteroatoms. The molecule has 138 valence electrons. The lowest BCUT2D eigenvalue weighted by molar-refractivity contribution is 0.0835. The van der Waals surface area contributed by atoms with Gasteiger partial charge >= 0.3 is 0 Å². The van der Waals surface area contributed by atoms with Gasteiger partial charge in [0.2, 0.25) is 11.8 Å². The van der Waals surface area contributed by atoms with Crippen molar-refractivity contribution in [3.05, 3.63) is 47.4 Å². The summed E-state index contributed by atoms with van der Waals surface area (Å²) in [5.74, 6) is 1.91. The highest BCUT2D eigenvalue weighted by atomic mass is 16.5. The van der Waals surface area contributed by atoms with E-state index in [4.69, 9.17) is 9.26 Å². The molecule has 0 bridgehead atoms. The molecule has 0 amide bonds. The summed E-state index contributed by atoms with van der Waals surface area (Å²) in [6.07, 6.45) is 8.20. The van der Waals surface area contributed by atoms with Crippen LogP contribution < -0.4 is 4.90 Å². The van der Waals surface area contributed by atoms with Crippen molar-refractivity contribution >= 4 is 5.95 Å². The van der Waals surface area contributed by atoms with E-state index < -0.39 is 0 Å². The normalized spacial score (nSPS) is 19.3. The van der Waals surface area contributed by atoms with Crippen molar-refractivity contribution < 1.29 is 9.26 Å². The molecule has 5 heterocycles. The highest BCUT2D eigenvalue weighted by molar-refractivity contribution is 5.65. The average molecular weight is 364 g/mol. The lowest BCUT2D eigenvalue weighted by atomic mass is 9.94. The molecule has 3 aromatic rings. The molecule has 0 unspecified atom stereocenters. The number of pyridine rings is 1. The van der Waals surface area contributed by atoms with Crippen LogP contribution in [0.3, 0.4) is 0 Å². The summed E-state index contributed by atoms with van der Waals surface area (Å²) in [5, 5.41) is 4.23. The summed E-state index contributed by atoms with van der Waals surface area (Å²) in [5.41, 5.74) is 4.28. The van der Waals surface area contributed by atoms with Crippen LogP contribution in [0.2, 0.25) is 0 Å². The van der Waals surface area contributed by atoms with E-state index in [9.17, 15) is 0 Å². The fourth-order valence-electron chi connectivity index (χ4n) is 3.81. The minimum atomic E-state index is -0.0789. The van der Waals surface area contributed by atoms with Crippen LogP contribution >= 0.6 is 0 Å². The Kier molecular flexibility index (Phi) is 4.05.